The fourth-order valence-electron chi connectivity index (χ4n) is 1.36. The summed E-state index contributed by atoms with van der Waals surface area (Å²) >= 11 is 0. The fourth-order valence-corrected chi connectivity index (χ4v) is 1.36. The molecule has 1 aliphatic heterocycles. The van der Waals surface area contributed by atoms with Crippen molar-refractivity contribution < 1.29 is 19.6 Å². The van der Waals surface area contributed by atoms with Gasteiger partial charge in [-0.1, -0.05) is 0 Å². The van der Waals surface area contributed by atoms with Gasteiger partial charge in [0.1, 0.15) is 0 Å². The summed E-state index contributed by atoms with van der Waals surface area (Å²) in [5.41, 5.74) is 5.33. The SMILES string of the molecule is CC(=O)[O-].NCCC[NH+]1CCCC1=O. The molecule has 0 aliphatic carbocycles. The number of carboxylic acid groups (broad SMARTS) is 1. The third kappa shape index (κ3) is 6.56. The minimum absolute atomic E-state index is 0.383. The number of amides is 1. The number of aliphatic carboxylic acids is 1. The van der Waals surface area contributed by atoms with Gasteiger partial charge in [0.2, 0.25) is 0 Å². The molecule has 0 aromatic heterocycles. The van der Waals surface area contributed by atoms with Gasteiger partial charge in [0.05, 0.1) is 19.5 Å². The van der Waals surface area contributed by atoms with E-state index in [-0.39, 0.29) is 0 Å². The Morgan fingerprint density at radius 3 is 2.57 bits per heavy atom. The van der Waals surface area contributed by atoms with Gasteiger partial charge in [-0.2, -0.15) is 0 Å². The second-order valence-electron chi connectivity index (χ2n) is 3.26. The van der Waals surface area contributed by atoms with Crippen LogP contribution in [0.25, 0.3) is 0 Å². The molecule has 1 heterocycles. The fraction of sp³-hybridized carbons (Fsp3) is 0.778. The summed E-state index contributed by atoms with van der Waals surface area (Å²) in [6.07, 6.45) is 2.82. The Morgan fingerprint density at radius 1 is 1.64 bits per heavy atom. The zero-order valence-electron chi connectivity index (χ0n) is 8.54. The molecule has 0 bridgehead atoms. The lowest BCUT2D eigenvalue weighted by Gasteiger charge is -2.07. The number of likely N-dealkylation sites (tertiary alicyclic amines) is 1. The van der Waals surface area contributed by atoms with E-state index in [1.165, 1.54) is 0 Å². The van der Waals surface area contributed by atoms with Crippen molar-refractivity contribution in [3.05, 3.63) is 0 Å². The highest BCUT2D eigenvalue weighted by Crippen LogP contribution is 1.89. The Hall–Kier alpha value is -0.940. The number of quaternary nitrogens is 1. The molecule has 1 unspecified atom stereocenters. The van der Waals surface area contributed by atoms with Crippen LogP contribution in [0, 0.1) is 0 Å². The molecule has 5 heteroatoms. The minimum atomic E-state index is -1.08. The Kier molecular flexibility index (Phi) is 6.96. The Labute approximate surface area is 83.9 Å². The molecular weight excluding hydrogens is 184 g/mol. The summed E-state index contributed by atoms with van der Waals surface area (Å²) in [4.78, 5) is 21.0. The molecule has 1 fully saturated rings. The van der Waals surface area contributed by atoms with E-state index in [9.17, 15) is 4.79 Å². The standard InChI is InChI=1S/C7H14N2O.C2H4O2/c8-4-2-6-9-5-1-3-7(9)10;1-2(3)4/h1-6,8H2;1H3,(H,3,4). The van der Waals surface area contributed by atoms with Crippen molar-refractivity contribution in [2.75, 3.05) is 19.6 Å². The highest BCUT2D eigenvalue weighted by atomic mass is 16.4. The van der Waals surface area contributed by atoms with Gasteiger partial charge >= 0.3 is 5.91 Å². The van der Waals surface area contributed by atoms with Crippen molar-refractivity contribution in [2.45, 2.75) is 26.2 Å². The van der Waals surface area contributed by atoms with Crippen LogP contribution in [0.3, 0.4) is 0 Å². The van der Waals surface area contributed by atoms with Gasteiger partial charge in [0.15, 0.2) is 0 Å². The van der Waals surface area contributed by atoms with Crippen LogP contribution in [0.5, 0.6) is 0 Å². The van der Waals surface area contributed by atoms with Gasteiger partial charge in [-0.05, 0) is 13.5 Å². The van der Waals surface area contributed by atoms with Crippen molar-refractivity contribution in [2.24, 2.45) is 5.73 Å². The van der Waals surface area contributed by atoms with Gasteiger partial charge in [0, 0.05) is 18.8 Å². The van der Waals surface area contributed by atoms with Crippen LogP contribution in [0.15, 0.2) is 0 Å². The largest absolute Gasteiger partial charge is 0.550 e. The molecule has 0 aromatic carbocycles. The van der Waals surface area contributed by atoms with E-state index in [1.54, 1.807) is 0 Å². The van der Waals surface area contributed by atoms with Crippen LogP contribution in [-0.4, -0.2) is 31.5 Å². The number of hydrogen-bond donors (Lipinski definition) is 2. The quantitative estimate of drug-likeness (QED) is 0.521. The van der Waals surface area contributed by atoms with Crippen LogP contribution >= 0.6 is 0 Å². The lowest BCUT2D eigenvalue weighted by atomic mass is 10.4. The lowest BCUT2D eigenvalue weighted by Crippen LogP contribution is -3.12. The third-order valence-corrected chi connectivity index (χ3v) is 1.96. The molecular formula is C9H18N2O3. The van der Waals surface area contributed by atoms with E-state index >= 15 is 0 Å². The van der Waals surface area contributed by atoms with E-state index in [2.05, 4.69) is 0 Å². The van der Waals surface area contributed by atoms with Gasteiger partial charge in [-0.3, -0.25) is 4.90 Å². The topological polar surface area (TPSA) is 87.7 Å². The number of carbonyl (C=O) groups is 2. The third-order valence-electron chi connectivity index (χ3n) is 1.96. The molecule has 14 heavy (non-hydrogen) atoms. The molecule has 5 nitrogen and oxygen atoms in total. The van der Waals surface area contributed by atoms with Crippen LogP contribution in [0.4, 0.5) is 0 Å². The van der Waals surface area contributed by atoms with E-state index < -0.39 is 5.97 Å². The summed E-state index contributed by atoms with van der Waals surface area (Å²) in [5, 5.41) is 8.89. The summed E-state index contributed by atoms with van der Waals surface area (Å²) in [5.74, 6) is -0.701. The molecule has 1 rings (SSSR count). The van der Waals surface area contributed by atoms with Crippen molar-refractivity contribution in [3.8, 4) is 0 Å². The van der Waals surface area contributed by atoms with E-state index in [1.807, 2.05) is 0 Å². The van der Waals surface area contributed by atoms with Crippen LogP contribution < -0.4 is 15.7 Å². The van der Waals surface area contributed by atoms with Gasteiger partial charge in [0.25, 0.3) is 0 Å². The normalized spacial score (nSPS) is 20.1. The molecule has 1 aliphatic rings. The number of rotatable bonds is 3. The molecule has 0 spiro atoms. The maximum absolute atomic E-state index is 11.0. The van der Waals surface area contributed by atoms with Crippen molar-refractivity contribution in [3.63, 3.8) is 0 Å². The molecule has 0 saturated carbocycles. The maximum Gasteiger partial charge on any atom is 0.312 e. The van der Waals surface area contributed by atoms with E-state index in [0.29, 0.717) is 12.5 Å². The molecule has 1 amide bonds. The van der Waals surface area contributed by atoms with Crippen LogP contribution in [0.2, 0.25) is 0 Å². The van der Waals surface area contributed by atoms with Crippen molar-refractivity contribution >= 4 is 11.9 Å². The monoisotopic (exact) mass is 202 g/mol. The van der Waals surface area contributed by atoms with Crippen molar-refractivity contribution in [1.82, 2.24) is 0 Å². The average Bonchev–Trinajstić information content (AvgIpc) is 2.47. The molecule has 1 atom stereocenters. The lowest BCUT2D eigenvalue weighted by molar-refractivity contribution is -0.811. The van der Waals surface area contributed by atoms with Crippen LogP contribution in [0.1, 0.15) is 26.2 Å². The first-order valence-electron chi connectivity index (χ1n) is 4.83. The van der Waals surface area contributed by atoms with Gasteiger partial charge in [-0.15, -0.1) is 0 Å². The second-order valence-corrected chi connectivity index (χ2v) is 3.26. The summed E-state index contributed by atoms with van der Waals surface area (Å²) in [6, 6.07) is 0. The maximum atomic E-state index is 11.0. The molecule has 3 N–H and O–H groups in total. The van der Waals surface area contributed by atoms with Crippen molar-refractivity contribution in [1.29, 1.82) is 0 Å². The first-order valence-corrected chi connectivity index (χ1v) is 4.83. The molecule has 1 saturated heterocycles. The molecule has 0 aromatic rings. The zero-order valence-corrected chi connectivity index (χ0v) is 8.54. The summed E-state index contributed by atoms with van der Waals surface area (Å²) in [6.45, 7) is 3.64. The number of carboxylic acids is 1. The predicted octanol–water partition coefficient (Wildman–Crippen LogP) is -2.70. The van der Waals surface area contributed by atoms with E-state index in [0.717, 1.165) is 44.2 Å². The zero-order chi connectivity index (χ0) is 11.0. The van der Waals surface area contributed by atoms with Gasteiger partial charge in [-0.25, -0.2) is 4.79 Å². The summed E-state index contributed by atoms with van der Waals surface area (Å²) in [7, 11) is 0. The molecule has 0 radical (unpaired) electrons. The average molecular weight is 202 g/mol. The number of nitrogens with one attached hydrogen (secondary N) is 1. The predicted molar refractivity (Wildman–Crippen MR) is 49.3 cm³/mol. The first kappa shape index (κ1) is 13.1. The van der Waals surface area contributed by atoms with Gasteiger partial charge < -0.3 is 15.6 Å². The summed E-state index contributed by atoms with van der Waals surface area (Å²) < 4.78 is 0. The smallest absolute Gasteiger partial charge is 0.312 e. The van der Waals surface area contributed by atoms with Crippen LogP contribution in [-0.2, 0) is 9.59 Å². The van der Waals surface area contributed by atoms with E-state index in [4.69, 9.17) is 15.6 Å². The highest BCUT2D eigenvalue weighted by molar-refractivity contribution is 5.67. The number of carbonyl (C=O) groups excluding carboxylic acids is 2. The first-order chi connectivity index (χ1) is 6.57. The highest BCUT2D eigenvalue weighted by Gasteiger charge is 2.24. The Balaban J connectivity index is 0.000000364. The Morgan fingerprint density at radius 2 is 2.21 bits per heavy atom. The second kappa shape index (κ2) is 7.46. The Bertz CT molecular complexity index is 190. The number of hydrogen-bond acceptors (Lipinski definition) is 4. The molecule has 82 valence electrons. The number of nitrogens with two attached hydrogens (primary N) is 1. The minimum Gasteiger partial charge on any atom is -0.550 e.